The van der Waals surface area contributed by atoms with Crippen molar-refractivity contribution < 1.29 is 9.53 Å². The van der Waals surface area contributed by atoms with E-state index < -0.39 is 5.41 Å². The van der Waals surface area contributed by atoms with Gasteiger partial charge in [0.2, 0.25) is 0 Å². The second-order valence-electron chi connectivity index (χ2n) is 5.06. The summed E-state index contributed by atoms with van der Waals surface area (Å²) in [4.78, 5) is 12.3. The number of esters is 1. The lowest BCUT2D eigenvalue weighted by Crippen LogP contribution is -2.34. The molecule has 0 bridgehead atoms. The summed E-state index contributed by atoms with van der Waals surface area (Å²) in [5, 5.41) is 0.972. The topological polar surface area (TPSA) is 26.3 Å². The molecule has 0 aliphatic rings. The monoisotopic (exact) mass is 326 g/mol. The Hall–Kier alpha value is -0.830. The molecule has 1 rings (SSSR count). The van der Waals surface area contributed by atoms with Crippen LogP contribution in [0.3, 0.4) is 0 Å². The van der Waals surface area contributed by atoms with Crippen molar-refractivity contribution in [1.29, 1.82) is 0 Å². The largest absolute Gasteiger partial charge is 0.465 e. The summed E-state index contributed by atoms with van der Waals surface area (Å²) in [5.41, 5.74) is 1.72. The summed E-state index contributed by atoms with van der Waals surface area (Å²) in [6.07, 6.45) is 2.90. The highest BCUT2D eigenvalue weighted by Crippen LogP contribution is 2.31. The van der Waals surface area contributed by atoms with Crippen molar-refractivity contribution >= 4 is 21.9 Å². The SMILES string of the molecule is CCOC(=O)[C@@](C)(CCCCBr)c1ccc(C)cc1. The molecular weight excluding hydrogens is 304 g/mol. The molecule has 1 aromatic carbocycles. The number of aryl methyl sites for hydroxylation is 1. The summed E-state index contributed by atoms with van der Waals surface area (Å²) < 4.78 is 5.27. The minimum absolute atomic E-state index is 0.117. The van der Waals surface area contributed by atoms with Gasteiger partial charge in [0.15, 0.2) is 0 Å². The Labute approximate surface area is 124 Å². The molecule has 106 valence electrons. The van der Waals surface area contributed by atoms with Crippen LogP contribution in [0.25, 0.3) is 0 Å². The van der Waals surface area contributed by atoms with E-state index in [1.165, 1.54) is 5.56 Å². The lowest BCUT2D eigenvalue weighted by Gasteiger charge is -2.28. The van der Waals surface area contributed by atoms with Gasteiger partial charge in [-0.3, -0.25) is 4.79 Å². The van der Waals surface area contributed by atoms with Gasteiger partial charge in [-0.1, -0.05) is 52.2 Å². The van der Waals surface area contributed by atoms with Gasteiger partial charge in [-0.05, 0) is 39.2 Å². The summed E-state index contributed by atoms with van der Waals surface area (Å²) in [5.74, 6) is -0.117. The molecule has 0 radical (unpaired) electrons. The molecule has 0 unspecified atom stereocenters. The van der Waals surface area contributed by atoms with Crippen LogP contribution in [-0.4, -0.2) is 17.9 Å². The van der Waals surface area contributed by atoms with Crippen molar-refractivity contribution in [3.8, 4) is 0 Å². The zero-order chi connectivity index (χ0) is 14.3. The van der Waals surface area contributed by atoms with Gasteiger partial charge in [0, 0.05) is 5.33 Å². The van der Waals surface area contributed by atoms with Crippen LogP contribution in [-0.2, 0) is 14.9 Å². The van der Waals surface area contributed by atoms with Crippen molar-refractivity contribution in [1.82, 2.24) is 0 Å². The molecule has 19 heavy (non-hydrogen) atoms. The number of hydrogen-bond acceptors (Lipinski definition) is 2. The number of rotatable bonds is 7. The van der Waals surface area contributed by atoms with Crippen LogP contribution in [0.2, 0.25) is 0 Å². The highest BCUT2D eigenvalue weighted by molar-refractivity contribution is 9.09. The molecule has 0 saturated carbocycles. The van der Waals surface area contributed by atoms with Crippen molar-refractivity contribution in [2.24, 2.45) is 0 Å². The van der Waals surface area contributed by atoms with Gasteiger partial charge in [-0.25, -0.2) is 0 Å². The summed E-state index contributed by atoms with van der Waals surface area (Å²) >= 11 is 3.43. The first kappa shape index (κ1) is 16.2. The molecule has 1 atom stereocenters. The maximum atomic E-state index is 12.3. The van der Waals surface area contributed by atoms with Crippen molar-refractivity contribution in [2.45, 2.75) is 45.4 Å². The van der Waals surface area contributed by atoms with E-state index in [-0.39, 0.29) is 5.97 Å². The zero-order valence-electron chi connectivity index (χ0n) is 12.0. The number of ether oxygens (including phenoxy) is 1. The average molecular weight is 327 g/mol. The van der Waals surface area contributed by atoms with E-state index in [2.05, 4.69) is 35.0 Å². The first-order chi connectivity index (χ1) is 9.04. The quantitative estimate of drug-likeness (QED) is 0.422. The number of alkyl halides is 1. The summed E-state index contributed by atoms with van der Waals surface area (Å²) in [6, 6.07) is 8.19. The molecule has 0 saturated heterocycles. The van der Waals surface area contributed by atoms with Crippen LogP contribution in [0.1, 0.15) is 44.2 Å². The van der Waals surface area contributed by atoms with Crippen LogP contribution in [0.5, 0.6) is 0 Å². The van der Waals surface area contributed by atoms with E-state index >= 15 is 0 Å². The second-order valence-corrected chi connectivity index (χ2v) is 5.86. The Morgan fingerprint density at radius 3 is 2.42 bits per heavy atom. The smallest absolute Gasteiger partial charge is 0.316 e. The first-order valence-electron chi connectivity index (χ1n) is 6.85. The lowest BCUT2D eigenvalue weighted by molar-refractivity contribution is -0.149. The minimum Gasteiger partial charge on any atom is -0.465 e. The van der Waals surface area contributed by atoms with Gasteiger partial charge < -0.3 is 4.74 Å². The van der Waals surface area contributed by atoms with Crippen LogP contribution in [0.15, 0.2) is 24.3 Å². The van der Waals surface area contributed by atoms with Gasteiger partial charge >= 0.3 is 5.97 Å². The predicted octanol–water partition coefficient (Wildman–Crippen LogP) is 4.38. The highest BCUT2D eigenvalue weighted by atomic mass is 79.9. The zero-order valence-corrected chi connectivity index (χ0v) is 13.6. The maximum absolute atomic E-state index is 12.3. The molecule has 0 amide bonds. The number of carbonyl (C=O) groups excluding carboxylic acids is 1. The molecule has 0 aliphatic heterocycles. The van der Waals surface area contributed by atoms with Crippen molar-refractivity contribution in [3.05, 3.63) is 35.4 Å². The average Bonchev–Trinajstić information content (AvgIpc) is 2.39. The Morgan fingerprint density at radius 2 is 1.89 bits per heavy atom. The number of hydrogen-bond donors (Lipinski definition) is 0. The van der Waals surface area contributed by atoms with Crippen LogP contribution >= 0.6 is 15.9 Å². The molecule has 2 nitrogen and oxygen atoms in total. The van der Waals surface area contributed by atoms with E-state index in [0.717, 1.165) is 30.2 Å². The fraction of sp³-hybridized carbons (Fsp3) is 0.562. The van der Waals surface area contributed by atoms with E-state index in [0.29, 0.717) is 6.61 Å². The lowest BCUT2D eigenvalue weighted by atomic mass is 9.78. The molecule has 0 N–H and O–H groups in total. The third-order valence-electron chi connectivity index (χ3n) is 3.48. The van der Waals surface area contributed by atoms with Gasteiger partial charge in [-0.15, -0.1) is 0 Å². The fourth-order valence-corrected chi connectivity index (χ4v) is 2.55. The third-order valence-corrected chi connectivity index (χ3v) is 4.04. The van der Waals surface area contributed by atoms with Crippen LogP contribution in [0, 0.1) is 6.92 Å². The molecule has 0 spiro atoms. The van der Waals surface area contributed by atoms with E-state index in [1.54, 1.807) is 0 Å². The second kappa shape index (κ2) is 7.68. The Balaban J connectivity index is 2.96. The van der Waals surface area contributed by atoms with Crippen LogP contribution < -0.4 is 0 Å². The van der Waals surface area contributed by atoms with Crippen molar-refractivity contribution in [2.75, 3.05) is 11.9 Å². The highest BCUT2D eigenvalue weighted by Gasteiger charge is 2.35. The molecule has 0 fully saturated rings. The number of carbonyl (C=O) groups is 1. The minimum atomic E-state index is -0.536. The van der Waals surface area contributed by atoms with Crippen LogP contribution in [0.4, 0.5) is 0 Å². The molecule has 0 heterocycles. The normalized spacial score (nSPS) is 13.9. The fourth-order valence-electron chi connectivity index (χ4n) is 2.15. The van der Waals surface area contributed by atoms with Crippen molar-refractivity contribution in [3.63, 3.8) is 0 Å². The maximum Gasteiger partial charge on any atom is 0.316 e. The number of halogens is 1. The van der Waals surface area contributed by atoms with E-state index in [1.807, 2.05) is 26.0 Å². The Morgan fingerprint density at radius 1 is 1.26 bits per heavy atom. The van der Waals surface area contributed by atoms with Gasteiger partial charge in [0.05, 0.1) is 12.0 Å². The molecule has 1 aromatic rings. The third kappa shape index (κ3) is 4.34. The predicted molar refractivity (Wildman–Crippen MR) is 82.8 cm³/mol. The molecule has 0 aliphatic carbocycles. The summed E-state index contributed by atoms with van der Waals surface area (Å²) in [7, 11) is 0. The van der Waals surface area contributed by atoms with Gasteiger partial charge in [-0.2, -0.15) is 0 Å². The number of benzene rings is 1. The first-order valence-corrected chi connectivity index (χ1v) is 7.97. The molecular formula is C16H23BrO2. The van der Waals surface area contributed by atoms with Gasteiger partial charge in [0.1, 0.15) is 0 Å². The standard InChI is InChI=1S/C16H23BrO2/c1-4-19-15(18)16(3,11-5-6-12-17)14-9-7-13(2)8-10-14/h7-10H,4-6,11-12H2,1-3H3/t16-/m0/s1. The molecule has 0 aromatic heterocycles. The Bertz CT molecular complexity index is 400. The van der Waals surface area contributed by atoms with Gasteiger partial charge in [0.25, 0.3) is 0 Å². The summed E-state index contributed by atoms with van der Waals surface area (Å²) in [6.45, 7) is 6.32. The Kier molecular flexibility index (Phi) is 6.56. The van der Waals surface area contributed by atoms with E-state index in [4.69, 9.17) is 4.74 Å². The molecule has 3 heteroatoms. The van der Waals surface area contributed by atoms with E-state index in [9.17, 15) is 4.79 Å². The number of unbranched alkanes of at least 4 members (excludes halogenated alkanes) is 1.